The minimum absolute atomic E-state index is 0.128. The van der Waals surface area contributed by atoms with Crippen LogP contribution < -0.4 is 4.90 Å². The van der Waals surface area contributed by atoms with Crippen LogP contribution in [0.3, 0.4) is 0 Å². The van der Waals surface area contributed by atoms with Gasteiger partial charge in [-0.2, -0.15) is 0 Å². The number of rotatable bonds is 4. The minimum atomic E-state index is -0.128. The number of anilines is 1. The van der Waals surface area contributed by atoms with Gasteiger partial charge < -0.3 is 4.90 Å². The SMILES string of the molecule is CN(Cc1ccccn1)c1nc(C(C)(C)C)c(C=O)s1. The lowest BCUT2D eigenvalue weighted by atomic mass is 9.91. The second-order valence-electron chi connectivity index (χ2n) is 5.75. The number of pyridine rings is 1. The molecular formula is C15H19N3OS. The summed E-state index contributed by atoms with van der Waals surface area (Å²) in [5.41, 5.74) is 1.71. The molecule has 0 bridgehead atoms. The first-order valence-electron chi connectivity index (χ1n) is 6.49. The molecule has 0 aliphatic heterocycles. The zero-order chi connectivity index (χ0) is 14.8. The number of nitrogens with zero attached hydrogens (tertiary/aromatic N) is 3. The predicted octanol–water partition coefficient (Wildman–Crippen LogP) is 3.28. The van der Waals surface area contributed by atoms with Gasteiger partial charge in [-0.1, -0.05) is 38.2 Å². The topological polar surface area (TPSA) is 46.1 Å². The van der Waals surface area contributed by atoms with Crippen LogP contribution in [0.15, 0.2) is 24.4 Å². The van der Waals surface area contributed by atoms with Crippen LogP contribution in [-0.2, 0) is 12.0 Å². The van der Waals surface area contributed by atoms with E-state index in [0.29, 0.717) is 11.4 Å². The maximum atomic E-state index is 11.2. The molecule has 0 radical (unpaired) electrons. The highest BCUT2D eigenvalue weighted by Gasteiger charge is 2.24. The largest absolute Gasteiger partial charge is 0.345 e. The molecule has 0 fully saturated rings. The third kappa shape index (κ3) is 3.22. The summed E-state index contributed by atoms with van der Waals surface area (Å²) < 4.78 is 0. The van der Waals surface area contributed by atoms with E-state index < -0.39 is 0 Å². The maximum absolute atomic E-state index is 11.2. The van der Waals surface area contributed by atoms with Gasteiger partial charge >= 0.3 is 0 Å². The van der Waals surface area contributed by atoms with Crippen LogP contribution in [0.25, 0.3) is 0 Å². The van der Waals surface area contributed by atoms with E-state index in [9.17, 15) is 4.79 Å². The number of aromatic nitrogens is 2. The summed E-state index contributed by atoms with van der Waals surface area (Å²) in [7, 11) is 1.97. The first kappa shape index (κ1) is 14.7. The summed E-state index contributed by atoms with van der Waals surface area (Å²) in [5, 5.41) is 0.850. The van der Waals surface area contributed by atoms with E-state index in [2.05, 4.69) is 30.7 Å². The Balaban J connectivity index is 2.25. The van der Waals surface area contributed by atoms with Crippen molar-refractivity contribution >= 4 is 22.8 Å². The van der Waals surface area contributed by atoms with E-state index in [4.69, 9.17) is 0 Å². The number of carbonyl (C=O) groups excluding carboxylic acids is 1. The third-order valence-electron chi connectivity index (χ3n) is 2.91. The molecule has 0 aliphatic carbocycles. The molecule has 2 heterocycles. The summed E-state index contributed by atoms with van der Waals surface area (Å²) in [5.74, 6) is 0. The number of thiazole rings is 1. The lowest BCUT2D eigenvalue weighted by molar-refractivity contribution is 0.112. The first-order chi connectivity index (χ1) is 9.41. The summed E-state index contributed by atoms with van der Waals surface area (Å²) in [6.45, 7) is 6.88. The van der Waals surface area contributed by atoms with E-state index >= 15 is 0 Å². The zero-order valence-electron chi connectivity index (χ0n) is 12.3. The molecule has 5 heteroatoms. The van der Waals surface area contributed by atoms with Crippen LogP contribution in [0, 0.1) is 0 Å². The molecule has 0 atom stereocenters. The van der Waals surface area contributed by atoms with Crippen molar-refractivity contribution in [2.75, 3.05) is 11.9 Å². The minimum Gasteiger partial charge on any atom is -0.345 e. The Morgan fingerprint density at radius 1 is 1.35 bits per heavy atom. The fourth-order valence-corrected chi connectivity index (χ4v) is 2.95. The summed E-state index contributed by atoms with van der Waals surface area (Å²) in [4.78, 5) is 22.9. The van der Waals surface area contributed by atoms with Gasteiger partial charge in [0.1, 0.15) is 0 Å². The molecule has 2 aromatic rings. The van der Waals surface area contributed by atoms with Crippen molar-refractivity contribution in [3.63, 3.8) is 0 Å². The van der Waals surface area contributed by atoms with Crippen molar-refractivity contribution < 1.29 is 4.79 Å². The molecule has 4 nitrogen and oxygen atoms in total. The molecule has 106 valence electrons. The van der Waals surface area contributed by atoms with Crippen LogP contribution in [-0.4, -0.2) is 23.3 Å². The van der Waals surface area contributed by atoms with Crippen molar-refractivity contribution in [2.24, 2.45) is 0 Å². The zero-order valence-corrected chi connectivity index (χ0v) is 13.1. The summed E-state index contributed by atoms with van der Waals surface area (Å²) >= 11 is 1.43. The first-order valence-corrected chi connectivity index (χ1v) is 7.31. The smallest absolute Gasteiger partial charge is 0.186 e. The third-order valence-corrected chi connectivity index (χ3v) is 4.01. The molecule has 0 saturated heterocycles. The van der Waals surface area contributed by atoms with Gasteiger partial charge in [-0.3, -0.25) is 9.78 Å². The van der Waals surface area contributed by atoms with Gasteiger partial charge in [0.05, 0.1) is 22.8 Å². The standard InChI is InChI=1S/C15H19N3OS/c1-15(2,3)13-12(10-19)20-14(17-13)18(4)9-11-7-5-6-8-16-11/h5-8,10H,9H2,1-4H3. The van der Waals surface area contributed by atoms with E-state index in [0.717, 1.165) is 22.8 Å². The molecule has 0 saturated carbocycles. The Morgan fingerprint density at radius 2 is 2.10 bits per heavy atom. The van der Waals surface area contributed by atoms with Gasteiger partial charge in [0.25, 0.3) is 0 Å². The van der Waals surface area contributed by atoms with Gasteiger partial charge in [-0.05, 0) is 12.1 Å². The second kappa shape index (κ2) is 5.71. The monoisotopic (exact) mass is 289 g/mol. The molecule has 0 aromatic carbocycles. The van der Waals surface area contributed by atoms with Crippen molar-refractivity contribution in [3.05, 3.63) is 40.7 Å². The normalized spacial score (nSPS) is 11.4. The molecule has 2 rings (SSSR count). The van der Waals surface area contributed by atoms with E-state index in [1.807, 2.05) is 30.1 Å². The Bertz CT molecular complexity index is 587. The van der Waals surface area contributed by atoms with Crippen molar-refractivity contribution in [1.82, 2.24) is 9.97 Å². The van der Waals surface area contributed by atoms with E-state index in [1.165, 1.54) is 11.3 Å². The van der Waals surface area contributed by atoms with Crippen LogP contribution >= 0.6 is 11.3 Å². The van der Waals surface area contributed by atoms with Gasteiger partial charge in [0.15, 0.2) is 11.4 Å². The maximum Gasteiger partial charge on any atom is 0.186 e. The number of carbonyl (C=O) groups is 1. The molecule has 0 N–H and O–H groups in total. The quantitative estimate of drug-likeness (QED) is 0.810. The highest BCUT2D eigenvalue weighted by molar-refractivity contribution is 7.17. The van der Waals surface area contributed by atoms with E-state index in [-0.39, 0.29) is 5.41 Å². The summed E-state index contributed by atoms with van der Waals surface area (Å²) in [6, 6.07) is 5.85. The Morgan fingerprint density at radius 3 is 2.60 bits per heavy atom. The highest BCUT2D eigenvalue weighted by atomic mass is 32.1. The Kier molecular flexibility index (Phi) is 4.18. The van der Waals surface area contributed by atoms with Crippen LogP contribution in [0.4, 0.5) is 5.13 Å². The van der Waals surface area contributed by atoms with Crippen molar-refractivity contribution in [1.29, 1.82) is 0 Å². The molecule has 0 unspecified atom stereocenters. The van der Waals surface area contributed by atoms with Crippen molar-refractivity contribution in [3.8, 4) is 0 Å². The van der Waals surface area contributed by atoms with Crippen LogP contribution in [0.2, 0.25) is 0 Å². The summed E-state index contributed by atoms with van der Waals surface area (Å²) in [6.07, 6.45) is 2.68. The average molecular weight is 289 g/mol. The Hall–Kier alpha value is -1.75. The molecule has 20 heavy (non-hydrogen) atoms. The van der Waals surface area contributed by atoms with Gasteiger partial charge in [0, 0.05) is 18.7 Å². The lowest BCUT2D eigenvalue weighted by Crippen LogP contribution is -2.18. The van der Waals surface area contributed by atoms with Crippen molar-refractivity contribution in [2.45, 2.75) is 32.7 Å². The predicted molar refractivity (Wildman–Crippen MR) is 82.5 cm³/mol. The van der Waals surface area contributed by atoms with Crippen LogP contribution in [0.1, 0.15) is 41.8 Å². The molecular weight excluding hydrogens is 270 g/mol. The average Bonchev–Trinajstić information content (AvgIpc) is 2.84. The molecule has 2 aromatic heterocycles. The number of hydrogen-bond donors (Lipinski definition) is 0. The van der Waals surface area contributed by atoms with Gasteiger partial charge in [-0.25, -0.2) is 4.98 Å². The van der Waals surface area contributed by atoms with E-state index in [1.54, 1.807) is 6.20 Å². The molecule has 0 spiro atoms. The second-order valence-corrected chi connectivity index (χ2v) is 6.76. The fraction of sp³-hybridized carbons (Fsp3) is 0.400. The number of hydrogen-bond acceptors (Lipinski definition) is 5. The molecule has 0 aliphatic rings. The highest BCUT2D eigenvalue weighted by Crippen LogP contribution is 2.32. The van der Waals surface area contributed by atoms with Gasteiger partial charge in [0.2, 0.25) is 0 Å². The molecule has 0 amide bonds. The van der Waals surface area contributed by atoms with Crippen LogP contribution in [0.5, 0.6) is 0 Å². The Labute approximate surface area is 123 Å². The fourth-order valence-electron chi connectivity index (χ4n) is 1.90. The number of aldehydes is 1. The lowest BCUT2D eigenvalue weighted by Gasteiger charge is -2.17. The van der Waals surface area contributed by atoms with Gasteiger partial charge in [-0.15, -0.1) is 0 Å².